The van der Waals surface area contributed by atoms with Gasteiger partial charge in [0.1, 0.15) is 6.04 Å². The van der Waals surface area contributed by atoms with E-state index in [9.17, 15) is 9.59 Å². The molecule has 1 aliphatic heterocycles. The van der Waals surface area contributed by atoms with Gasteiger partial charge in [-0.25, -0.2) is 0 Å². The van der Waals surface area contributed by atoms with Gasteiger partial charge >= 0.3 is 0 Å². The van der Waals surface area contributed by atoms with Gasteiger partial charge in [-0.05, 0) is 6.42 Å². The zero-order valence-corrected chi connectivity index (χ0v) is 9.99. The third-order valence-corrected chi connectivity index (χ3v) is 2.58. The van der Waals surface area contributed by atoms with E-state index in [4.69, 9.17) is 4.74 Å². The van der Waals surface area contributed by atoms with Gasteiger partial charge in [0.25, 0.3) is 0 Å². The van der Waals surface area contributed by atoms with Crippen molar-refractivity contribution in [2.45, 2.75) is 32.7 Å². The summed E-state index contributed by atoms with van der Waals surface area (Å²) in [7, 11) is 0. The molecule has 0 saturated carbocycles. The maximum atomic E-state index is 12.1. The third-order valence-electron chi connectivity index (χ3n) is 2.58. The molecule has 1 rings (SSSR count). The van der Waals surface area contributed by atoms with E-state index in [1.165, 1.54) is 6.92 Å². The lowest BCUT2D eigenvalue weighted by Crippen LogP contribution is -2.51. The molecule has 1 fully saturated rings. The fourth-order valence-electron chi connectivity index (χ4n) is 1.80. The third kappa shape index (κ3) is 3.81. The van der Waals surface area contributed by atoms with E-state index >= 15 is 0 Å². The van der Waals surface area contributed by atoms with E-state index < -0.39 is 0 Å². The average molecular weight is 228 g/mol. The van der Waals surface area contributed by atoms with E-state index in [1.807, 2.05) is 6.92 Å². The van der Waals surface area contributed by atoms with E-state index in [2.05, 4.69) is 5.32 Å². The van der Waals surface area contributed by atoms with Crippen molar-refractivity contribution in [3.8, 4) is 0 Å². The zero-order valence-electron chi connectivity index (χ0n) is 9.99. The van der Waals surface area contributed by atoms with Crippen LogP contribution in [-0.2, 0) is 14.3 Å². The molecule has 1 atom stereocenters. The highest BCUT2D eigenvalue weighted by Gasteiger charge is 2.25. The Morgan fingerprint density at radius 2 is 2.00 bits per heavy atom. The second kappa shape index (κ2) is 6.48. The number of carbonyl (C=O) groups excluding carboxylic acids is 2. The van der Waals surface area contributed by atoms with Crippen LogP contribution < -0.4 is 5.32 Å². The van der Waals surface area contributed by atoms with Crippen molar-refractivity contribution in [2.24, 2.45) is 0 Å². The maximum Gasteiger partial charge on any atom is 0.245 e. The monoisotopic (exact) mass is 228 g/mol. The van der Waals surface area contributed by atoms with Gasteiger partial charge in [0.15, 0.2) is 0 Å². The average Bonchev–Trinajstić information content (AvgIpc) is 2.28. The molecule has 0 bridgehead atoms. The van der Waals surface area contributed by atoms with Crippen LogP contribution in [0.2, 0.25) is 0 Å². The summed E-state index contributed by atoms with van der Waals surface area (Å²) in [5.41, 5.74) is 0. The fraction of sp³-hybridized carbons (Fsp3) is 0.818. The lowest BCUT2D eigenvalue weighted by Gasteiger charge is -2.30. The van der Waals surface area contributed by atoms with Crippen molar-refractivity contribution in [2.75, 3.05) is 26.3 Å². The number of hydrogen-bond donors (Lipinski definition) is 1. The van der Waals surface area contributed by atoms with Gasteiger partial charge < -0.3 is 15.0 Å². The maximum absolute atomic E-state index is 12.1. The van der Waals surface area contributed by atoms with Crippen molar-refractivity contribution in [3.63, 3.8) is 0 Å². The van der Waals surface area contributed by atoms with Crippen LogP contribution in [-0.4, -0.2) is 49.1 Å². The molecule has 0 aromatic heterocycles. The molecule has 1 N–H and O–H groups in total. The molecule has 1 saturated heterocycles. The number of carbonyl (C=O) groups is 2. The fourth-order valence-corrected chi connectivity index (χ4v) is 1.80. The van der Waals surface area contributed by atoms with Crippen LogP contribution in [0.25, 0.3) is 0 Å². The van der Waals surface area contributed by atoms with E-state index in [1.54, 1.807) is 4.90 Å². The molecule has 16 heavy (non-hydrogen) atoms. The van der Waals surface area contributed by atoms with Crippen LogP contribution in [0, 0.1) is 0 Å². The molecule has 5 nitrogen and oxygen atoms in total. The first-order chi connectivity index (χ1) is 7.65. The summed E-state index contributed by atoms with van der Waals surface area (Å²) >= 11 is 0. The molecule has 1 aliphatic rings. The van der Waals surface area contributed by atoms with Gasteiger partial charge in [0.05, 0.1) is 13.2 Å². The second-order valence-electron chi connectivity index (χ2n) is 3.98. The number of nitrogens with zero attached hydrogens (tertiary/aromatic N) is 1. The highest BCUT2D eigenvalue weighted by molar-refractivity contribution is 5.86. The van der Waals surface area contributed by atoms with Crippen molar-refractivity contribution in [1.82, 2.24) is 10.2 Å². The number of hydrogen-bond acceptors (Lipinski definition) is 3. The Morgan fingerprint density at radius 3 is 2.50 bits per heavy atom. The van der Waals surface area contributed by atoms with Gasteiger partial charge in [-0.3, -0.25) is 9.59 Å². The summed E-state index contributed by atoms with van der Waals surface area (Å²) in [6, 6.07) is -0.374. The molecule has 5 heteroatoms. The Labute approximate surface area is 96.1 Å². The van der Waals surface area contributed by atoms with Crippen LogP contribution in [0.3, 0.4) is 0 Å². The molecule has 92 valence electrons. The minimum Gasteiger partial charge on any atom is -0.378 e. The predicted molar refractivity (Wildman–Crippen MR) is 59.9 cm³/mol. The number of amides is 2. The number of rotatable bonds is 4. The number of ether oxygens (including phenoxy) is 1. The summed E-state index contributed by atoms with van der Waals surface area (Å²) in [6.45, 7) is 5.86. The lowest BCUT2D eigenvalue weighted by atomic mass is 10.1. The second-order valence-corrected chi connectivity index (χ2v) is 3.98. The Hall–Kier alpha value is -1.10. The smallest absolute Gasteiger partial charge is 0.245 e. The summed E-state index contributed by atoms with van der Waals surface area (Å²) in [5.74, 6) is -0.139. The van der Waals surface area contributed by atoms with Gasteiger partial charge in [-0.15, -0.1) is 0 Å². The van der Waals surface area contributed by atoms with Gasteiger partial charge in [-0.1, -0.05) is 13.3 Å². The summed E-state index contributed by atoms with van der Waals surface area (Å²) < 4.78 is 5.19. The van der Waals surface area contributed by atoms with Crippen LogP contribution in [0.5, 0.6) is 0 Å². The first kappa shape index (κ1) is 13.0. The quantitative estimate of drug-likeness (QED) is 0.745. The molecule has 2 amide bonds. The normalized spacial score (nSPS) is 18.0. The first-order valence-electron chi connectivity index (χ1n) is 5.78. The lowest BCUT2D eigenvalue weighted by molar-refractivity contribution is -0.139. The predicted octanol–water partition coefficient (Wildman–Crippen LogP) is 0.150. The molecular weight excluding hydrogens is 208 g/mol. The largest absolute Gasteiger partial charge is 0.378 e. The van der Waals surface area contributed by atoms with Crippen LogP contribution in [0.4, 0.5) is 0 Å². The highest BCUT2D eigenvalue weighted by Crippen LogP contribution is 2.05. The van der Waals surface area contributed by atoms with Gasteiger partial charge in [0.2, 0.25) is 11.8 Å². The van der Waals surface area contributed by atoms with Crippen LogP contribution in [0.1, 0.15) is 26.7 Å². The number of nitrogens with one attached hydrogen (secondary N) is 1. The van der Waals surface area contributed by atoms with Crippen LogP contribution in [0.15, 0.2) is 0 Å². The van der Waals surface area contributed by atoms with E-state index in [0.717, 1.165) is 6.42 Å². The SMILES string of the molecule is CCCC(NC(C)=O)C(=O)N1CCOCC1. The van der Waals surface area contributed by atoms with Crippen molar-refractivity contribution in [1.29, 1.82) is 0 Å². The Balaban J connectivity index is 2.54. The van der Waals surface area contributed by atoms with Gasteiger partial charge in [-0.2, -0.15) is 0 Å². The summed E-state index contributed by atoms with van der Waals surface area (Å²) in [5, 5.41) is 2.71. The van der Waals surface area contributed by atoms with Gasteiger partial charge in [0, 0.05) is 20.0 Å². The Bertz CT molecular complexity index is 250. The highest BCUT2D eigenvalue weighted by atomic mass is 16.5. The summed E-state index contributed by atoms with van der Waals surface area (Å²) in [6.07, 6.45) is 1.57. The Kier molecular flexibility index (Phi) is 5.25. The summed E-state index contributed by atoms with van der Waals surface area (Å²) in [4.78, 5) is 24.9. The molecule has 1 unspecified atom stereocenters. The molecular formula is C11H20N2O3. The molecule has 0 aromatic carbocycles. The van der Waals surface area contributed by atoms with Crippen molar-refractivity contribution >= 4 is 11.8 Å². The first-order valence-corrected chi connectivity index (χ1v) is 5.78. The van der Waals surface area contributed by atoms with E-state index in [-0.39, 0.29) is 17.9 Å². The number of morpholine rings is 1. The standard InChI is InChI=1S/C11H20N2O3/c1-3-4-10(12-9(2)14)11(15)13-5-7-16-8-6-13/h10H,3-8H2,1-2H3,(H,12,14). The zero-order chi connectivity index (χ0) is 12.0. The van der Waals surface area contributed by atoms with E-state index in [0.29, 0.717) is 32.7 Å². The molecule has 0 radical (unpaired) electrons. The van der Waals surface area contributed by atoms with Crippen molar-refractivity contribution in [3.05, 3.63) is 0 Å². The molecule has 0 spiro atoms. The Morgan fingerprint density at radius 1 is 1.38 bits per heavy atom. The van der Waals surface area contributed by atoms with Crippen molar-refractivity contribution < 1.29 is 14.3 Å². The van der Waals surface area contributed by atoms with Crippen LogP contribution >= 0.6 is 0 Å². The minimum absolute atomic E-state index is 0.0142. The molecule has 0 aromatic rings. The molecule has 1 heterocycles. The minimum atomic E-state index is -0.374. The molecule has 0 aliphatic carbocycles. The topological polar surface area (TPSA) is 58.6 Å².